The molecular formula is C16H20N2O2. The number of rotatable bonds is 5. The number of aromatic nitrogens is 1. The van der Waals surface area contributed by atoms with Crippen LogP contribution in [0.4, 0.5) is 0 Å². The van der Waals surface area contributed by atoms with Crippen LogP contribution < -0.4 is 5.32 Å². The highest BCUT2D eigenvalue weighted by Crippen LogP contribution is 2.22. The minimum absolute atomic E-state index is 0.0295. The van der Waals surface area contributed by atoms with Gasteiger partial charge in [-0.2, -0.15) is 0 Å². The molecule has 0 amide bonds. The molecule has 2 rings (SSSR count). The first-order valence-electron chi connectivity index (χ1n) is 6.81. The number of benzene rings is 1. The maximum absolute atomic E-state index is 11.5. The monoisotopic (exact) mass is 272 g/mol. The van der Waals surface area contributed by atoms with E-state index < -0.39 is 0 Å². The Morgan fingerprint density at radius 2 is 2.15 bits per heavy atom. The third-order valence-electron chi connectivity index (χ3n) is 3.30. The summed E-state index contributed by atoms with van der Waals surface area (Å²) in [5, 5.41) is 4.40. The van der Waals surface area contributed by atoms with E-state index in [1.807, 2.05) is 32.0 Å². The number of nitrogens with zero attached hydrogens (tertiary/aromatic N) is 1. The SMILES string of the molecule is CCNC(CC(=O)OC)c1ccc2nc(C)ccc2c1. The van der Waals surface area contributed by atoms with E-state index in [4.69, 9.17) is 4.74 Å². The second-order valence-corrected chi connectivity index (χ2v) is 4.80. The number of nitrogens with one attached hydrogen (secondary N) is 1. The van der Waals surface area contributed by atoms with E-state index in [0.717, 1.165) is 28.7 Å². The van der Waals surface area contributed by atoms with E-state index in [1.54, 1.807) is 0 Å². The maximum atomic E-state index is 11.5. The minimum atomic E-state index is -0.210. The van der Waals surface area contributed by atoms with Gasteiger partial charge in [0.2, 0.25) is 0 Å². The molecule has 20 heavy (non-hydrogen) atoms. The van der Waals surface area contributed by atoms with E-state index in [1.165, 1.54) is 7.11 Å². The number of ether oxygens (including phenoxy) is 1. The molecule has 1 unspecified atom stereocenters. The Labute approximate surface area is 119 Å². The third kappa shape index (κ3) is 3.33. The van der Waals surface area contributed by atoms with Gasteiger partial charge in [0.25, 0.3) is 0 Å². The molecule has 1 N–H and O–H groups in total. The molecule has 1 aromatic heterocycles. The average Bonchev–Trinajstić information content (AvgIpc) is 2.46. The summed E-state index contributed by atoms with van der Waals surface area (Å²) in [6.07, 6.45) is 0.329. The molecule has 0 saturated carbocycles. The van der Waals surface area contributed by atoms with Gasteiger partial charge in [0, 0.05) is 17.1 Å². The average molecular weight is 272 g/mol. The van der Waals surface area contributed by atoms with Crippen molar-refractivity contribution in [3.8, 4) is 0 Å². The molecule has 2 aromatic rings. The Kier molecular flexibility index (Phi) is 4.69. The van der Waals surface area contributed by atoms with Crippen molar-refractivity contribution in [2.24, 2.45) is 0 Å². The Hall–Kier alpha value is -1.94. The molecule has 0 radical (unpaired) electrons. The summed E-state index contributed by atoms with van der Waals surface area (Å²) in [7, 11) is 1.42. The first kappa shape index (κ1) is 14.5. The summed E-state index contributed by atoms with van der Waals surface area (Å²) in [5.41, 5.74) is 3.06. The Bertz CT molecular complexity index is 610. The lowest BCUT2D eigenvalue weighted by molar-refractivity contribution is -0.141. The van der Waals surface area contributed by atoms with Gasteiger partial charge in [0.05, 0.1) is 19.0 Å². The molecule has 4 nitrogen and oxygen atoms in total. The first-order chi connectivity index (χ1) is 9.63. The number of hydrogen-bond donors (Lipinski definition) is 1. The zero-order valence-corrected chi connectivity index (χ0v) is 12.1. The zero-order valence-electron chi connectivity index (χ0n) is 12.1. The molecule has 1 heterocycles. The predicted octanol–water partition coefficient (Wildman–Crippen LogP) is 2.76. The summed E-state index contributed by atoms with van der Waals surface area (Å²) in [6.45, 7) is 4.80. The summed E-state index contributed by atoms with van der Waals surface area (Å²) in [5.74, 6) is -0.210. The van der Waals surface area contributed by atoms with Crippen molar-refractivity contribution in [2.45, 2.75) is 26.3 Å². The molecule has 1 aromatic carbocycles. The molecular weight excluding hydrogens is 252 g/mol. The summed E-state index contributed by atoms with van der Waals surface area (Å²) < 4.78 is 4.76. The molecule has 1 atom stereocenters. The maximum Gasteiger partial charge on any atom is 0.307 e. The van der Waals surface area contributed by atoms with Crippen LogP contribution in [-0.2, 0) is 9.53 Å². The van der Waals surface area contributed by atoms with Gasteiger partial charge in [-0.25, -0.2) is 0 Å². The smallest absolute Gasteiger partial charge is 0.307 e. The van der Waals surface area contributed by atoms with Gasteiger partial charge in [-0.3, -0.25) is 9.78 Å². The number of carbonyl (C=O) groups is 1. The van der Waals surface area contributed by atoms with E-state index in [-0.39, 0.29) is 12.0 Å². The van der Waals surface area contributed by atoms with Gasteiger partial charge in [0.1, 0.15) is 0 Å². The van der Waals surface area contributed by atoms with Crippen LogP contribution in [-0.4, -0.2) is 24.6 Å². The van der Waals surface area contributed by atoms with Gasteiger partial charge in [-0.15, -0.1) is 0 Å². The van der Waals surface area contributed by atoms with Crippen molar-refractivity contribution in [1.82, 2.24) is 10.3 Å². The van der Waals surface area contributed by atoms with E-state index in [2.05, 4.69) is 22.4 Å². The third-order valence-corrected chi connectivity index (χ3v) is 3.30. The van der Waals surface area contributed by atoms with Gasteiger partial charge >= 0.3 is 5.97 Å². The number of pyridine rings is 1. The van der Waals surface area contributed by atoms with Gasteiger partial charge in [-0.05, 0) is 37.2 Å². The van der Waals surface area contributed by atoms with Crippen molar-refractivity contribution in [3.63, 3.8) is 0 Å². The van der Waals surface area contributed by atoms with Crippen molar-refractivity contribution in [2.75, 3.05) is 13.7 Å². The van der Waals surface area contributed by atoms with E-state index in [0.29, 0.717) is 6.42 Å². The molecule has 0 aliphatic carbocycles. The van der Waals surface area contributed by atoms with Crippen molar-refractivity contribution < 1.29 is 9.53 Å². The minimum Gasteiger partial charge on any atom is -0.469 e. The van der Waals surface area contributed by atoms with Crippen LogP contribution in [0.15, 0.2) is 30.3 Å². The molecule has 0 aliphatic rings. The molecule has 0 aliphatic heterocycles. The van der Waals surface area contributed by atoms with E-state index >= 15 is 0 Å². The normalized spacial score (nSPS) is 12.3. The van der Waals surface area contributed by atoms with Gasteiger partial charge < -0.3 is 10.1 Å². The number of fused-ring (bicyclic) bond motifs is 1. The highest BCUT2D eigenvalue weighted by atomic mass is 16.5. The molecule has 0 fully saturated rings. The van der Waals surface area contributed by atoms with Crippen LogP contribution in [0.3, 0.4) is 0 Å². The van der Waals surface area contributed by atoms with Crippen LogP contribution >= 0.6 is 0 Å². The van der Waals surface area contributed by atoms with Crippen LogP contribution in [0.2, 0.25) is 0 Å². The lowest BCUT2D eigenvalue weighted by Crippen LogP contribution is -2.24. The standard InChI is InChI=1S/C16H20N2O2/c1-4-17-15(10-16(19)20-3)13-7-8-14-12(9-13)6-5-11(2)18-14/h5-9,15,17H,4,10H2,1-3H3. The molecule has 0 bridgehead atoms. The van der Waals surface area contributed by atoms with E-state index in [9.17, 15) is 4.79 Å². The molecule has 4 heteroatoms. The van der Waals surface area contributed by atoms with Gasteiger partial charge in [-0.1, -0.05) is 19.1 Å². The fourth-order valence-electron chi connectivity index (χ4n) is 2.27. The summed E-state index contributed by atoms with van der Waals surface area (Å²) in [4.78, 5) is 16.0. The highest BCUT2D eigenvalue weighted by Gasteiger charge is 2.15. The fraction of sp³-hybridized carbons (Fsp3) is 0.375. The number of hydrogen-bond acceptors (Lipinski definition) is 4. The van der Waals surface area contributed by atoms with Crippen LogP contribution in [0.25, 0.3) is 10.9 Å². The highest BCUT2D eigenvalue weighted by molar-refractivity contribution is 5.80. The van der Waals surface area contributed by atoms with Gasteiger partial charge in [0.15, 0.2) is 0 Å². The van der Waals surface area contributed by atoms with Crippen LogP contribution in [0.5, 0.6) is 0 Å². The second-order valence-electron chi connectivity index (χ2n) is 4.80. The zero-order chi connectivity index (χ0) is 14.5. The number of aryl methyl sites for hydroxylation is 1. The summed E-state index contributed by atoms with van der Waals surface area (Å²) in [6, 6.07) is 10.1. The van der Waals surface area contributed by atoms with Crippen molar-refractivity contribution in [1.29, 1.82) is 0 Å². The van der Waals surface area contributed by atoms with Crippen LogP contribution in [0.1, 0.15) is 30.6 Å². The molecule has 106 valence electrons. The quantitative estimate of drug-likeness (QED) is 0.850. The topological polar surface area (TPSA) is 51.2 Å². The largest absolute Gasteiger partial charge is 0.469 e. The lowest BCUT2D eigenvalue weighted by atomic mass is 10.0. The second kappa shape index (κ2) is 6.48. The lowest BCUT2D eigenvalue weighted by Gasteiger charge is -2.17. The van der Waals surface area contributed by atoms with Crippen LogP contribution in [0, 0.1) is 6.92 Å². The predicted molar refractivity (Wildman–Crippen MR) is 79.5 cm³/mol. The Morgan fingerprint density at radius 1 is 1.35 bits per heavy atom. The Balaban J connectivity index is 2.32. The number of carbonyl (C=O) groups excluding carboxylic acids is 1. The Morgan fingerprint density at radius 3 is 2.85 bits per heavy atom. The fourth-order valence-corrected chi connectivity index (χ4v) is 2.27. The first-order valence-corrected chi connectivity index (χ1v) is 6.81. The summed E-state index contributed by atoms with van der Waals surface area (Å²) >= 11 is 0. The molecule has 0 saturated heterocycles. The molecule has 0 spiro atoms. The number of methoxy groups -OCH3 is 1. The van der Waals surface area contributed by atoms with Crippen molar-refractivity contribution in [3.05, 3.63) is 41.6 Å². The number of esters is 1. The van der Waals surface area contributed by atoms with Crippen molar-refractivity contribution >= 4 is 16.9 Å².